The van der Waals surface area contributed by atoms with E-state index in [2.05, 4.69) is 41.9 Å². The van der Waals surface area contributed by atoms with Gasteiger partial charge in [-0.2, -0.15) is 0 Å². The number of benzene rings is 2. The van der Waals surface area contributed by atoms with Gasteiger partial charge < -0.3 is 10.4 Å². The van der Waals surface area contributed by atoms with E-state index in [-0.39, 0.29) is 26.6 Å². The summed E-state index contributed by atoms with van der Waals surface area (Å²) >= 11 is 7.45. The van der Waals surface area contributed by atoms with Crippen molar-refractivity contribution in [3.63, 3.8) is 0 Å². The van der Waals surface area contributed by atoms with Crippen molar-refractivity contribution in [2.24, 2.45) is 0 Å². The first-order chi connectivity index (χ1) is 14.1. The van der Waals surface area contributed by atoms with Crippen LogP contribution in [0.15, 0.2) is 61.7 Å². The summed E-state index contributed by atoms with van der Waals surface area (Å²) in [6.45, 7) is 1.53. The predicted octanol–water partition coefficient (Wildman–Crippen LogP) is 5.33. The van der Waals surface area contributed by atoms with Crippen molar-refractivity contribution in [2.75, 3.05) is 10.0 Å². The summed E-state index contributed by atoms with van der Waals surface area (Å²) in [4.78, 5) is 24.3. The molecule has 3 rings (SSSR count). The number of rotatable bonds is 6. The second-order valence-electron chi connectivity index (χ2n) is 6.12. The maximum atomic E-state index is 12.8. The van der Waals surface area contributed by atoms with E-state index in [0.717, 1.165) is 15.8 Å². The SMILES string of the molecule is Cc1c(S(=O)(=O)Nc2ccc(Br)cc2)csc1C(=O)Nc1ccc(Br)cc1C(=O)O. The van der Waals surface area contributed by atoms with Crippen molar-refractivity contribution in [3.05, 3.63) is 72.8 Å². The lowest BCUT2D eigenvalue weighted by Gasteiger charge is -2.10. The lowest BCUT2D eigenvalue weighted by Crippen LogP contribution is -2.16. The first-order valence-corrected chi connectivity index (χ1v) is 12.2. The number of aromatic carboxylic acids is 1. The third-order valence-corrected chi connectivity index (χ3v) is 7.81. The Morgan fingerprint density at radius 2 is 1.67 bits per heavy atom. The van der Waals surface area contributed by atoms with Crippen LogP contribution in [0, 0.1) is 6.92 Å². The lowest BCUT2D eigenvalue weighted by molar-refractivity contribution is 0.0698. The normalized spacial score (nSPS) is 11.2. The van der Waals surface area contributed by atoms with Crippen molar-refractivity contribution in [1.82, 2.24) is 0 Å². The Bertz CT molecular complexity index is 1240. The molecule has 1 aromatic heterocycles. The van der Waals surface area contributed by atoms with E-state index in [4.69, 9.17) is 0 Å². The number of hydrogen-bond acceptors (Lipinski definition) is 5. The summed E-state index contributed by atoms with van der Waals surface area (Å²) in [7, 11) is -3.90. The molecule has 7 nitrogen and oxygen atoms in total. The number of nitrogens with one attached hydrogen (secondary N) is 2. The molecule has 11 heteroatoms. The van der Waals surface area contributed by atoms with Gasteiger partial charge in [0.25, 0.3) is 15.9 Å². The number of sulfonamides is 1. The molecular weight excluding hydrogens is 560 g/mol. The van der Waals surface area contributed by atoms with Gasteiger partial charge in [-0.25, -0.2) is 13.2 Å². The minimum absolute atomic E-state index is 0.0187. The molecule has 0 saturated carbocycles. The Kier molecular flexibility index (Phi) is 6.65. The number of carboxylic acid groups (broad SMARTS) is 1. The zero-order valence-electron chi connectivity index (χ0n) is 15.3. The van der Waals surface area contributed by atoms with Crippen LogP contribution in [0.3, 0.4) is 0 Å². The maximum absolute atomic E-state index is 12.8. The van der Waals surface area contributed by atoms with Crippen LogP contribution < -0.4 is 10.0 Å². The fourth-order valence-electron chi connectivity index (χ4n) is 2.60. The lowest BCUT2D eigenvalue weighted by atomic mass is 10.1. The summed E-state index contributed by atoms with van der Waals surface area (Å²) < 4.78 is 29.3. The molecule has 0 spiro atoms. The molecular formula is C19H14Br2N2O5S2. The molecule has 0 saturated heterocycles. The molecule has 3 aromatic rings. The number of thiophene rings is 1. The van der Waals surface area contributed by atoms with Gasteiger partial charge in [0.15, 0.2) is 0 Å². The summed E-state index contributed by atoms with van der Waals surface area (Å²) in [6.07, 6.45) is 0. The average molecular weight is 574 g/mol. The standard InChI is InChI=1S/C19H14Br2N2O5S2/c1-10-16(30(27,28)23-13-5-2-11(20)3-6-13)9-29-17(10)18(24)22-15-7-4-12(21)8-14(15)19(25)26/h2-9,23H,1H3,(H,22,24)(H,25,26). The number of carboxylic acids is 1. The summed E-state index contributed by atoms with van der Waals surface area (Å²) in [5, 5.41) is 13.3. The first kappa shape index (κ1) is 22.5. The number of carbonyl (C=O) groups is 2. The Morgan fingerprint density at radius 1 is 1.03 bits per heavy atom. The number of amides is 1. The molecule has 0 unspecified atom stereocenters. The van der Waals surface area contributed by atoms with Crippen LogP contribution in [-0.4, -0.2) is 25.4 Å². The molecule has 156 valence electrons. The highest BCUT2D eigenvalue weighted by Crippen LogP contribution is 2.29. The number of carbonyl (C=O) groups excluding carboxylic acids is 1. The van der Waals surface area contributed by atoms with Crippen molar-refractivity contribution >= 4 is 76.5 Å². The Hall–Kier alpha value is -2.21. The van der Waals surface area contributed by atoms with Gasteiger partial charge >= 0.3 is 5.97 Å². The highest BCUT2D eigenvalue weighted by molar-refractivity contribution is 9.10. The smallest absolute Gasteiger partial charge is 0.337 e. The topological polar surface area (TPSA) is 113 Å². The van der Waals surface area contributed by atoms with E-state index in [1.165, 1.54) is 24.4 Å². The van der Waals surface area contributed by atoms with Crippen molar-refractivity contribution < 1.29 is 23.1 Å². The largest absolute Gasteiger partial charge is 0.478 e. The van der Waals surface area contributed by atoms with Crippen LogP contribution in [0.5, 0.6) is 0 Å². The molecule has 1 heterocycles. The summed E-state index contributed by atoms with van der Waals surface area (Å²) in [6, 6.07) is 11.1. The molecule has 0 bridgehead atoms. The fourth-order valence-corrected chi connectivity index (χ4v) is 5.85. The Morgan fingerprint density at radius 3 is 2.30 bits per heavy atom. The van der Waals surface area contributed by atoms with Crippen LogP contribution >= 0.6 is 43.2 Å². The third-order valence-electron chi connectivity index (χ3n) is 4.05. The van der Waals surface area contributed by atoms with Crippen LogP contribution in [0.25, 0.3) is 0 Å². The molecule has 2 aromatic carbocycles. The minimum atomic E-state index is -3.90. The molecule has 0 fully saturated rings. The van der Waals surface area contributed by atoms with Gasteiger partial charge in [-0.3, -0.25) is 9.52 Å². The highest BCUT2D eigenvalue weighted by atomic mass is 79.9. The van der Waals surface area contributed by atoms with E-state index in [1.54, 1.807) is 30.3 Å². The maximum Gasteiger partial charge on any atom is 0.337 e. The number of halogens is 2. The van der Waals surface area contributed by atoms with Gasteiger partial charge in [-0.05, 0) is 55.0 Å². The molecule has 0 aliphatic carbocycles. The zero-order chi connectivity index (χ0) is 22.1. The molecule has 0 aliphatic heterocycles. The molecule has 3 N–H and O–H groups in total. The van der Waals surface area contributed by atoms with Gasteiger partial charge in [0.2, 0.25) is 0 Å². The van der Waals surface area contributed by atoms with Crippen molar-refractivity contribution in [2.45, 2.75) is 11.8 Å². The van der Waals surface area contributed by atoms with Gasteiger partial charge in [0.05, 0.1) is 16.1 Å². The average Bonchev–Trinajstić information content (AvgIpc) is 3.07. The monoisotopic (exact) mass is 572 g/mol. The van der Waals surface area contributed by atoms with E-state index >= 15 is 0 Å². The van der Waals surface area contributed by atoms with Gasteiger partial charge in [0.1, 0.15) is 4.90 Å². The van der Waals surface area contributed by atoms with Crippen LogP contribution in [0.2, 0.25) is 0 Å². The van der Waals surface area contributed by atoms with Crippen LogP contribution in [0.4, 0.5) is 11.4 Å². The fraction of sp³-hybridized carbons (Fsp3) is 0.0526. The quantitative estimate of drug-likeness (QED) is 0.369. The summed E-state index contributed by atoms with van der Waals surface area (Å²) in [5.41, 5.74) is 0.685. The van der Waals surface area contributed by atoms with Gasteiger partial charge in [0, 0.05) is 20.0 Å². The minimum Gasteiger partial charge on any atom is -0.478 e. The Labute approximate surface area is 193 Å². The molecule has 1 amide bonds. The molecule has 30 heavy (non-hydrogen) atoms. The zero-order valence-corrected chi connectivity index (χ0v) is 20.1. The van der Waals surface area contributed by atoms with Crippen LogP contribution in [0.1, 0.15) is 25.6 Å². The van der Waals surface area contributed by atoms with E-state index in [9.17, 15) is 23.1 Å². The molecule has 0 atom stereocenters. The van der Waals surface area contributed by atoms with Crippen molar-refractivity contribution in [3.8, 4) is 0 Å². The van der Waals surface area contributed by atoms with E-state index < -0.39 is 21.9 Å². The number of anilines is 2. The second-order valence-corrected chi connectivity index (χ2v) is 10.5. The van der Waals surface area contributed by atoms with Gasteiger partial charge in [-0.15, -0.1) is 11.3 Å². The predicted molar refractivity (Wildman–Crippen MR) is 123 cm³/mol. The van der Waals surface area contributed by atoms with E-state index in [0.29, 0.717) is 10.2 Å². The van der Waals surface area contributed by atoms with E-state index in [1.807, 2.05) is 0 Å². The second kappa shape index (κ2) is 8.88. The van der Waals surface area contributed by atoms with Crippen molar-refractivity contribution in [1.29, 1.82) is 0 Å². The summed E-state index contributed by atoms with van der Waals surface area (Å²) in [5.74, 6) is -1.79. The molecule has 0 aliphatic rings. The number of hydrogen-bond donors (Lipinski definition) is 3. The first-order valence-electron chi connectivity index (χ1n) is 8.29. The third kappa shape index (κ3) is 4.91. The molecule has 0 radical (unpaired) electrons. The van der Waals surface area contributed by atoms with Gasteiger partial charge in [-0.1, -0.05) is 31.9 Å². The Balaban J connectivity index is 1.87. The van der Waals surface area contributed by atoms with Crippen LogP contribution in [-0.2, 0) is 10.0 Å². The highest BCUT2D eigenvalue weighted by Gasteiger charge is 2.24.